The van der Waals surface area contributed by atoms with Gasteiger partial charge < -0.3 is 15.4 Å². The normalized spacial score (nSPS) is 13.3. The standard InChI is InChI=1S/C23H18F3N3O3/c24-23(25,26)16-6-11-20(27-13-16)32-19-9-4-14(5-10-19)21(30)29-18-3-1-2-15(12-18)22(31)28-17-7-8-17/h1-6,9-13,17H,7-8H2,(H,28,31)(H,29,30). The molecule has 2 amide bonds. The van der Waals surface area contributed by atoms with Crippen LogP contribution in [0.1, 0.15) is 39.1 Å². The van der Waals surface area contributed by atoms with E-state index in [0.717, 1.165) is 25.0 Å². The molecule has 1 aliphatic carbocycles. The number of hydrogen-bond acceptors (Lipinski definition) is 4. The third kappa shape index (κ3) is 5.42. The topological polar surface area (TPSA) is 80.3 Å². The van der Waals surface area contributed by atoms with Crippen molar-refractivity contribution in [2.24, 2.45) is 0 Å². The molecule has 1 aromatic heterocycles. The van der Waals surface area contributed by atoms with E-state index in [9.17, 15) is 22.8 Å². The molecule has 0 radical (unpaired) electrons. The second kappa shape index (κ2) is 8.70. The zero-order valence-corrected chi connectivity index (χ0v) is 16.6. The van der Waals surface area contributed by atoms with Crippen LogP contribution in [-0.4, -0.2) is 22.8 Å². The van der Waals surface area contributed by atoms with Gasteiger partial charge in [-0.3, -0.25) is 9.59 Å². The predicted molar refractivity (Wildman–Crippen MR) is 111 cm³/mol. The Hall–Kier alpha value is -3.88. The molecule has 1 heterocycles. The van der Waals surface area contributed by atoms with Crippen LogP contribution in [0.4, 0.5) is 18.9 Å². The van der Waals surface area contributed by atoms with E-state index in [1.54, 1.807) is 24.3 Å². The van der Waals surface area contributed by atoms with Gasteiger partial charge in [-0.25, -0.2) is 4.98 Å². The summed E-state index contributed by atoms with van der Waals surface area (Å²) in [4.78, 5) is 28.3. The summed E-state index contributed by atoms with van der Waals surface area (Å²) >= 11 is 0. The van der Waals surface area contributed by atoms with Crippen molar-refractivity contribution in [3.63, 3.8) is 0 Å². The molecule has 32 heavy (non-hydrogen) atoms. The average molecular weight is 441 g/mol. The lowest BCUT2D eigenvalue weighted by atomic mass is 10.1. The van der Waals surface area contributed by atoms with Crippen LogP contribution in [0.2, 0.25) is 0 Å². The number of halogens is 3. The average Bonchev–Trinajstić information content (AvgIpc) is 3.58. The van der Waals surface area contributed by atoms with Gasteiger partial charge in [-0.15, -0.1) is 0 Å². The highest BCUT2D eigenvalue weighted by Gasteiger charge is 2.30. The quantitative estimate of drug-likeness (QED) is 0.562. The molecule has 164 valence electrons. The third-order valence-corrected chi connectivity index (χ3v) is 4.70. The van der Waals surface area contributed by atoms with Crippen LogP contribution in [0.15, 0.2) is 66.9 Å². The third-order valence-electron chi connectivity index (χ3n) is 4.70. The zero-order valence-electron chi connectivity index (χ0n) is 16.6. The predicted octanol–water partition coefficient (Wildman–Crippen LogP) is 5.04. The first-order chi connectivity index (χ1) is 15.3. The number of benzene rings is 2. The van der Waals surface area contributed by atoms with Crippen LogP contribution in [0.3, 0.4) is 0 Å². The summed E-state index contributed by atoms with van der Waals surface area (Å²) in [5, 5.41) is 5.63. The number of hydrogen-bond donors (Lipinski definition) is 2. The number of rotatable bonds is 6. The van der Waals surface area contributed by atoms with E-state index < -0.39 is 11.7 Å². The lowest BCUT2D eigenvalue weighted by molar-refractivity contribution is -0.137. The Morgan fingerprint density at radius 2 is 1.69 bits per heavy atom. The van der Waals surface area contributed by atoms with Gasteiger partial charge in [0, 0.05) is 35.1 Å². The van der Waals surface area contributed by atoms with E-state index >= 15 is 0 Å². The molecular weight excluding hydrogens is 423 g/mol. The molecule has 0 saturated heterocycles. The van der Waals surface area contributed by atoms with Crippen LogP contribution in [0.25, 0.3) is 0 Å². The number of carbonyl (C=O) groups is 2. The van der Waals surface area contributed by atoms with Gasteiger partial charge in [-0.2, -0.15) is 13.2 Å². The fraction of sp³-hybridized carbons (Fsp3) is 0.174. The molecule has 2 N–H and O–H groups in total. The number of nitrogens with one attached hydrogen (secondary N) is 2. The van der Waals surface area contributed by atoms with Crippen molar-refractivity contribution in [1.82, 2.24) is 10.3 Å². The van der Waals surface area contributed by atoms with Gasteiger partial charge in [-0.1, -0.05) is 6.07 Å². The molecule has 9 heteroatoms. The fourth-order valence-electron chi connectivity index (χ4n) is 2.84. The number of carbonyl (C=O) groups excluding carboxylic acids is 2. The molecule has 1 aliphatic rings. The van der Waals surface area contributed by atoms with E-state index in [1.807, 2.05) is 0 Å². The van der Waals surface area contributed by atoms with Crippen LogP contribution in [0.5, 0.6) is 11.6 Å². The van der Waals surface area contributed by atoms with Crippen molar-refractivity contribution in [2.75, 3.05) is 5.32 Å². The van der Waals surface area contributed by atoms with Crippen LogP contribution >= 0.6 is 0 Å². The number of aromatic nitrogens is 1. The number of alkyl halides is 3. The maximum absolute atomic E-state index is 12.6. The molecule has 0 atom stereocenters. The van der Waals surface area contributed by atoms with Crippen LogP contribution < -0.4 is 15.4 Å². The minimum Gasteiger partial charge on any atom is -0.439 e. The first-order valence-corrected chi connectivity index (χ1v) is 9.81. The van der Waals surface area contributed by atoms with Crippen LogP contribution in [0, 0.1) is 0 Å². The molecule has 0 spiro atoms. The molecule has 0 unspecified atom stereocenters. The van der Waals surface area contributed by atoms with Crippen molar-refractivity contribution in [2.45, 2.75) is 25.1 Å². The molecule has 2 aromatic carbocycles. The fourth-order valence-corrected chi connectivity index (χ4v) is 2.84. The lowest BCUT2D eigenvalue weighted by Gasteiger charge is -2.10. The van der Waals surface area contributed by atoms with E-state index in [1.165, 1.54) is 24.3 Å². The molecule has 0 aliphatic heterocycles. The second-order valence-electron chi connectivity index (χ2n) is 7.29. The Bertz CT molecular complexity index is 1130. The van der Waals surface area contributed by atoms with E-state index in [2.05, 4.69) is 15.6 Å². The summed E-state index contributed by atoms with van der Waals surface area (Å²) < 4.78 is 43.2. The molecule has 4 rings (SSSR count). The van der Waals surface area contributed by atoms with Crippen molar-refractivity contribution >= 4 is 17.5 Å². The highest BCUT2D eigenvalue weighted by molar-refractivity contribution is 6.05. The minimum atomic E-state index is -4.47. The van der Waals surface area contributed by atoms with E-state index in [0.29, 0.717) is 28.8 Å². The summed E-state index contributed by atoms with van der Waals surface area (Å²) in [6, 6.07) is 14.9. The molecule has 1 fully saturated rings. The summed E-state index contributed by atoms with van der Waals surface area (Å²) in [5.74, 6) is -0.255. The van der Waals surface area contributed by atoms with Gasteiger partial charge in [0.25, 0.3) is 11.8 Å². The molecule has 1 saturated carbocycles. The Labute approximate surface area is 181 Å². The van der Waals surface area contributed by atoms with Gasteiger partial charge in [0.15, 0.2) is 0 Å². The molecule has 0 bridgehead atoms. The maximum Gasteiger partial charge on any atom is 0.417 e. The van der Waals surface area contributed by atoms with Crippen molar-refractivity contribution < 1.29 is 27.5 Å². The highest BCUT2D eigenvalue weighted by Crippen LogP contribution is 2.30. The number of pyridine rings is 1. The van der Waals surface area contributed by atoms with Crippen molar-refractivity contribution in [1.29, 1.82) is 0 Å². The number of amides is 2. The zero-order chi connectivity index (χ0) is 22.7. The Morgan fingerprint density at radius 1 is 0.938 bits per heavy atom. The van der Waals surface area contributed by atoms with Crippen molar-refractivity contribution in [3.8, 4) is 11.6 Å². The first-order valence-electron chi connectivity index (χ1n) is 9.81. The van der Waals surface area contributed by atoms with Gasteiger partial charge in [0.2, 0.25) is 5.88 Å². The van der Waals surface area contributed by atoms with Gasteiger partial charge >= 0.3 is 6.18 Å². The number of nitrogens with zero attached hydrogens (tertiary/aromatic N) is 1. The minimum absolute atomic E-state index is 0.00325. The smallest absolute Gasteiger partial charge is 0.417 e. The molecular formula is C23H18F3N3O3. The van der Waals surface area contributed by atoms with E-state index in [4.69, 9.17) is 4.74 Å². The summed E-state index contributed by atoms with van der Waals surface area (Å²) in [5.41, 5.74) is 0.409. The largest absolute Gasteiger partial charge is 0.439 e. The molecule has 6 nitrogen and oxygen atoms in total. The SMILES string of the molecule is O=C(Nc1cccc(C(=O)NC2CC2)c1)c1ccc(Oc2ccc(C(F)(F)F)cn2)cc1. The van der Waals surface area contributed by atoms with Crippen LogP contribution in [-0.2, 0) is 6.18 Å². The Balaban J connectivity index is 1.37. The summed E-state index contributed by atoms with van der Waals surface area (Å²) in [6.07, 6.45) is -1.81. The summed E-state index contributed by atoms with van der Waals surface area (Å²) in [7, 11) is 0. The highest BCUT2D eigenvalue weighted by atomic mass is 19.4. The maximum atomic E-state index is 12.6. The number of anilines is 1. The molecule has 3 aromatic rings. The monoisotopic (exact) mass is 441 g/mol. The Morgan fingerprint density at radius 3 is 2.31 bits per heavy atom. The Kier molecular flexibility index (Phi) is 5.81. The van der Waals surface area contributed by atoms with E-state index in [-0.39, 0.29) is 23.7 Å². The van der Waals surface area contributed by atoms with Gasteiger partial charge in [0.05, 0.1) is 5.56 Å². The summed E-state index contributed by atoms with van der Waals surface area (Å²) in [6.45, 7) is 0. The number of ether oxygens (including phenoxy) is 1. The van der Waals surface area contributed by atoms with Gasteiger partial charge in [0.1, 0.15) is 5.75 Å². The van der Waals surface area contributed by atoms with Gasteiger partial charge in [-0.05, 0) is 61.4 Å². The van der Waals surface area contributed by atoms with Crippen molar-refractivity contribution in [3.05, 3.63) is 83.6 Å². The second-order valence-corrected chi connectivity index (χ2v) is 7.29. The first kappa shape index (κ1) is 21.4. The lowest BCUT2D eigenvalue weighted by Crippen LogP contribution is -2.25.